The van der Waals surface area contributed by atoms with Crippen molar-refractivity contribution >= 4 is 22.5 Å². The Morgan fingerprint density at radius 1 is 1.09 bits per heavy atom. The second-order valence-corrected chi connectivity index (χ2v) is 6.42. The van der Waals surface area contributed by atoms with Gasteiger partial charge in [-0.1, -0.05) is 39.0 Å². The van der Waals surface area contributed by atoms with Crippen LogP contribution in [-0.4, -0.2) is 16.1 Å². The van der Waals surface area contributed by atoms with Gasteiger partial charge in [0, 0.05) is 10.9 Å². The summed E-state index contributed by atoms with van der Waals surface area (Å²) in [7, 11) is 0. The number of nitrogens with one attached hydrogen (secondary N) is 2. The molecular weight excluding hydrogens is 274 g/mol. The molecule has 0 bridgehead atoms. The lowest BCUT2D eigenvalue weighted by Crippen LogP contribution is -2.14. The van der Waals surface area contributed by atoms with Gasteiger partial charge in [-0.2, -0.15) is 5.10 Å². The molecule has 0 aliphatic heterocycles. The van der Waals surface area contributed by atoms with Gasteiger partial charge in [0.15, 0.2) is 0 Å². The Labute approximate surface area is 129 Å². The van der Waals surface area contributed by atoms with Crippen molar-refractivity contribution in [3.63, 3.8) is 0 Å². The van der Waals surface area contributed by atoms with Crippen LogP contribution in [0.4, 0.5) is 5.69 Å². The number of anilines is 1. The molecule has 0 atom stereocenters. The van der Waals surface area contributed by atoms with E-state index in [0.717, 1.165) is 16.6 Å². The highest BCUT2D eigenvalue weighted by molar-refractivity contribution is 6.08. The number of benzene rings is 2. The van der Waals surface area contributed by atoms with Gasteiger partial charge in [0.1, 0.15) is 0 Å². The van der Waals surface area contributed by atoms with Crippen molar-refractivity contribution in [2.45, 2.75) is 26.2 Å². The molecule has 2 aromatic carbocycles. The van der Waals surface area contributed by atoms with Gasteiger partial charge in [-0.3, -0.25) is 9.89 Å². The molecule has 0 saturated carbocycles. The first-order chi connectivity index (χ1) is 10.4. The first kappa shape index (κ1) is 14.3. The number of aromatic nitrogens is 2. The van der Waals surface area contributed by atoms with E-state index in [2.05, 4.69) is 36.3 Å². The lowest BCUT2D eigenvalue weighted by molar-refractivity contribution is 0.102. The van der Waals surface area contributed by atoms with Gasteiger partial charge in [0.05, 0.1) is 17.4 Å². The summed E-state index contributed by atoms with van der Waals surface area (Å²) in [6.07, 6.45) is 1.72. The highest BCUT2D eigenvalue weighted by Crippen LogP contribution is 2.24. The minimum atomic E-state index is -0.117. The van der Waals surface area contributed by atoms with E-state index in [1.807, 2.05) is 42.5 Å². The standard InChI is InChI=1S/C18H19N3O/c1-18(2,3)13-9-7-12(8-10-13)17(22)20-15-5-4-6-16-14(15)11-19-21-16/h4-11H,1-3H3,(H,19,21)(H,20,22). The summed E-state index contributed by atoms with van der Waals surface area (Å²) in [5, 5.41) is 10.8. The first-order valence-electron chi connectivity index (χ1n) is 7.29. The third-order valence-electron chi connectivity index (χ3n) is 3.75. The zero-order valence-corrected chi connectivity index (χ0v) is 13.0. The summed E-state index contributed by atoms with van der Waals surface area (Å²) in [5.41, 5.74) is 3.60. The maximum absolute atomic E-state index is 12.4. The van der Waals surface area contributed by atoms with E-state index in [9.17, 15) is 4.79 Å². The van der Waals surface area contributed by atoms with Crippen LogP contribution in [0.15, 0.2) is 48.7 Å². The molecule has 0 unspecified atom stereocenters. The molecule has 112 valence electrons. The number of hydrogen-bond donors (Lipinski definition) is 2. The molecule has 1 heterocycles. The zero-order valence-electron chi connectivity index (χ0n) is 13.0. The summed E-state index contributed by atoms with van der Waals surface area (Å²) >= 11 is 0. The number of fused-ring (bicyclic) bond motifs is 1. The van der Waals surface area contributed by atoms with Gasteiger partial charge < -0.3 is 5.32 Å². The lowest BCUT2D eigenvalue weighted by atomic mass is 9.87. The van der Waals surface area contributed by atoms with Crippen molar-refractivity contribution in [3.05, 3.63) is 59.8 Å². The maximum Gasteiger partial charge on any atom is 0.255 e. The third-order valence-corrected chi connectivity index (χ3v) is 3.75. The average Bonchev–Trinajstić information content (AvgIpc) is 2.96. The number of H-pyrrole nitrogens is 1. The van der Waals surface area contributed by atoms with E-state index in [1.165, 1.54) is 5.56 Å². The predicted octanol–water partition coefficient (Wildman–Crippen LogP) is 4.11. The summed E-state index contributed by atoms with van der Waals surface area (Å²) in [6, 6.07) is 13.4. The van der Waals surface area contributed by atoms with Gasteiger partial charge in [-0.05, 0) is 35.2 Å². The van der Waals surface area contributed by atoms with Crippen molar-refractivity contribution in [3.8, 4) is 0 Å². The van der Waals surface area contributed by atoms with Crippen molar-refractivity contribution in [2.24, 2.45) is 0 Å². The van der Waals surface area contributed by atoms with Crippen molar-refractivity contribution in [2.75, 3.05) is 5.32 Å². The van der Waals surface area contributed by atoms with Gasteiger partial charge in [0.25, 0.3) is 5.91 Å². The van der Waals surface area contributed by atoms with Gasteiger partial charge >= 0.3 is 0 Å². The smallest absolute Gasteiger partial charge is 0.255 e. The predicted molar refractivity (Wildman–Crippen MR) is 89.2 cm³/mol. The monoisotopic (exact) mass is 293 g/mol. The fraction of sp³-hybridized carbons (Fsp3) is 0.222. The molecule has 0 saturated heterocycles. The number of hydrogen-bond acceptors (Lipinski definition) is 2. The number of amides is 1. The molecule has 4 nitrogen and oxygen atoms in total. The number of nitrogens with zero attached hydrogens (tertiary/aromatic N) is 1. The van der Waals surface area contributed by atoms with Crippen LogP contribution < -0.4 is 5.32 Å². The van der Waals surface area contributed by atoms with E-state index < -0.39 is 0 Å². The van der Waals surface area contributed by atoms with Crippen LogP contribution >= 0.6 is 0 Å². The molecule has 0 radical (unpaired) electrons. The second kappa shape index (κ2) is 5.30. The summed E-state index contributed by atoms with van der Waals surface area (Å²) in [6.45, 7) is 6.46. The average molecular weight is 293 g/mol. The summed E-state index contributed by atoms with van der Waals surface area (Å²) in [5.74, 6) is -0.117. The van der Waals surface area contributed by atoms with Gasteiger partial charge in [-0.25, -0.2) is 0 Å². The molecule has 0 aliphatic carbocycles. The van der Waals surface area contributed by atoms with Gasteiger partial charge in [0.2, 0.25) is 0 Å². The SMILES string of the molecule is CC(C)(C)c1ccc(C(=O)Nc2cccc3[nH]ncc23)cc1. The Morgan fingerprint density at radius 3 is 2.50 bits per heavy atom. The second-order valence-electron chi connectivity index (χ2n) is 6.42. The zero-order chi connectivity index (χ0) is 15.7. The Bertz CT molecular complexity index is 810. The summed E-state index contributed by atoms with van der Waals surface area (Å²) < 4.78 is 0. The van der Waals surface area contributed by atoms with E-state index in [4.69, 9.17) is 0 Å². The molecule has 0 spiro atoms. The Kier molecular flexibility index (Phi) is 3.45. The molecule has 4 heteroatoms. The molecule has 0 aliphatic rings. The van der Waals surface area contributed by atoms with Crippen molar-refractivity contribution < 1.29 is 4.79 Å². The van der Waals surface area contributed by atoms with Crippen LogP contribution in [0.25, 0.3) is 10.9 Å². The van der Waals surface area contributed by atoms with Crippen LogP contribution in [0.2, 0.25) is 0 Å². The normalized spacial score (nSPS) is 11.6. The number of rotatable bonds is 2. The number of aromatic amines is 1. The Balaban J connectivity index is 1.84. The lowest BCUT2D eigenvalue weighted by Gasteiger charge is -2.19. The Morgan fingerprint density at radius 2 is 1.82 bits per heavy atom. The fourth-order valence-corrected chi connectivity index (χ4v) is 2.39. The minimum absolute atomic E-state index is 0.0807. The van der Waals surface area contributed by atoms with Crippen LogP contribution in [-0.2, 0) is 5.41 Å². The van der Waals surface area contributed by atoms with Gasteiger partial charge in [-0.15, -0.1) is 0 Å². The third kappa shape index (κ3) is 2.72. The maximum atomic E-state index is 12.4. The van der Waals surface area contributed by atoms with Crippen LogP contribution in [0.3, 0.4) is 0 Å². The molecule has 1 amide bonds. The topological polar surface area (TPSA) is 57.8 Å². The summed E-state index contributed by atoms with van der Waals surface area (Å²) in [4.78, 5) is 12.4. The van der Waals surface area contributed by atoms with E-state index in [-0.39, 0.29) is 11.3 Å². The molecule has 2 N–H and O–H groups in total. The van der Waals surface area contributed by atoms with E-state index in [0.29, 0.717) is 5.56 Å². The van der Waals surface area contributed by atoms with E-state index >= 15 is 0 Å². The highest BCUT2D eigenvalue weighted by atomic mass is 16.1. The number of carbonyl (C=O) groups is 1. The minimum Gasteiger partial charge on any atom is -0.321 e. The quantitative estimate of drug-likeness (QED) is 0.747. The largest absolute Gasteiger partial charge is 0.321 e. The van der Waals surface area contributed by atoms with Crippen LogP contribution in [0, 0.1) is 0 Å². The number of carbonyl (C=O) groups excluding carboxylic acids is 1. The molecule has 1 aromatic heterocycles. The molecule has 3 aromatic rings. The van der Waals surface area contributed by atoms with Crippen molar-refractivity contribution in [1.82, 2.24) is 10.2 Å². The Hall–Kier alpha value is -2.62. The molecule has 3 rings (SSSR count). The van der Waals surface area contributed by atoms with Crippen molar-refractivity contribution in [1.29, 1.82) is 0 Å². The molecule has 0 fully saturated rings. The molecular formula is C18H19N3O. The highest BCUT2D eigenvalue weighted by Gasteiger charge is 2.14. The van der Waals surface area contributed by atoms with Crippen LogP contribution in [0.5, 0.6) is 0 Å². The first-order valence-corrected chi connectivity index (χ1v) is 7.29. The van der Waals surface area contributed by atoms with E-state index in [1.54, 1.807) is 6.20 Å². The van der Waals surface area contributed by atoms with Crippen LogP contribution in [0.1, 0.15) is 36.7 Å². The fourth-order valence-electron chi connectivity index (χ4n) is 2.39. The molecule has 22 heavy (non-hydrogen) atoms.